The van der Waals surface area contributed by atoms with E-state index in [9.17, 15) is 18.0 Å². The standard InChI is InChI=1S/C8H13F3N2O/c9-8(10,11)6-3-1-5(2-4-6)7(14)13-12/h5-6H,1-4,12H2,(H,13,14)/t5-,6-. The molecule has 14 heavy (non-hydrogen) atoms. The van der Waals surface area contributed by atoms with Crippen molar-refractivity contribution in [1.82, 2.24) is 5.43 Å². The lowest BCUT2D eigenvalue weighted by Gasteiger charge is -2.28. The molecule has 1 fully saturated rings. The Morgan fingerprint density at radius 3 is 2.07 bits per heavy atom. The number of amides is 1. The molecule has 1 aliphatic carbocycles. The van der Waals surface area contributed by atoms with Crippen molar-refractivity contribution in [1.29, 1.82) is 0 Å². The van der Waals surface area contributed by atoms with Crippen molar-refractivity contribution in [3.63, 3.8) is 0 Å². The Bertz CT molecular complexity index is 209. The van der Waals surface area contributed by atoms with E-state index in [-0.39, 0.29) is 37.5 Å². The second kappa shape index (κ2) is 4.16. The van der Waals surface area contributed by atoms with Crippen molar-refractivity contribution in [2.24, 2.45) is 17.7 Å². The number of hydrogen-bond donors (Lipinski definition) is 2. The van der Waals surface area contributed by atoms with Crippen LogP contribution in [0.25, 0.3) is 0 Å². The lowest BCUT2D eigenvalue weighted by Crippen LogP contribution is -2.39. The van der Waals surface area contributed by atoms with Crippen LogP contribution >= 0.6 is 0 Å². The lowest BCUT2D eigenvalue weighted by atomic mass is 9.81. The summed E-state index contributed by atoms with van der Waals surface area (Å²) in [5, 5.41) is 0. The number of carbonyl (C=O) groups is 1. The van der Waals surface area contributed by atoms with Gasteiger partial charge in [0.25, 0.3) is 0 Å². The number of nitrogens with two attached hydrogens (primary N) is 1. The fourth-order valence-corrected chi connectivity index (χ4v) is 1.80. The van der Waals surface area contributed by atoms with Crippen LogP contribution in [0.15, 0.2) is 0 Å². The number of carbonyl (C=O) groups excluding carboxylic acids is 1. The van der Waals surface area contributed by atoms with Crippen molar-refractivity contribution < 1.29 is 18.0 Å². The molecule has 3 N–H and O–H groups in total. The highest BCUT2D eigenvalue weighted by Gasteiger charge is 2.42. The van der Waals surface area contributed by atoms with Gasteiger partial charge in [-0.05, 0) is 25.7 Å². The van der Waals surface area contributed by atoms with Gasteiger partial charge in [-0.25, -0.2) is 5.84 Å². The summed E-state index contributed by atoms with van der Waals surface area (Å²) in [6.45, 7) is 0. The summed E-state index contributed by atoms with van der Waals surface area (Å²) in [5.74, 6) is 2.95. The first-order valence-corrected chi connectivity index (χ1v) is 4.52. The maximum Gasteiger partial charge on any atom is 0.391 e. The van der Waals surface area contributed by atoms with E-state index in [0.29, 0.717) is 0 Å². The van der Waals surface area contributed by atoms with Crippen LogP contribution in [0, 0.1) is 11.8 Å². The summed E-state index contributed by atoms with van der Waals surface area (Å²) in [6.07, 6.45) is -3.52. The summed E-state index contributed by atoms with van der Waals surface area (Å²) < 4.78 is 36.7. The first-order chi connectivity index (χ1) is 6.45. The molecule has 0 atom stereocenters. The molecule has 0 radical (unpaired) electrons. The molecule has 82 valence electrons. The van der Waals surface area contributed by atoms with E-state index < -0.39 is 12.1 Å². The van der Waals surface area contributed by atoms with Crippen LogP contribution in [0.4, 0.5) is 13.2 Å². The minimum atomic E-state index is -4.12. The second-order valence-electron chi connectivity index (χ2n) is 3.60. The average Bonchev–Trinajstić information content (AvgIpc) is 2.15. The SMILES string of the molecule is NNC(=O)[C@H]1CC[C@H](C(F)(F)F)CC1. The number of hydrazine groups is 1. The number of halogens is 3. The largest absolute Gasteiger partial charge is 0.391 e. The molecule has 0 aromatic carbocycles. The van der Waals surface area contributed by atoms with Crippen LogP contribution in [0.2, 0.25) is 0 Å². The van der Waals surface area contributed by atoms with E-state index >= 15 is 0 Å². The summed E-state index contributed by atoms with van der Waals surface area (Å²) in [7, 11) is 0. The predicted octanol–water partition coefficient (Wildman–Crippen LogP) is 1.34. The van der Waals surface area contributed by atoms with Crippen LogP contribution < -0.4 is 11.3 Å². The highest BCUT2D eigenvalue weighted by molar-refractivity contribution is 5.77. The lowest BCUT2D eigenvalue weighted by molar-refractivity contribution is -0.184. The van der Waals surface area contributed by atoms with Gasteiger partial charge in [-0.15, -0.1) is 0 Å². The third-order valence-corrected chi connectivity index (χ3v) is 2.70. The maximum atomic E-state index is 12.2. The topological polar surface area (TPSA) is 55.1 Å². The Labute approximate surface area is 79.8 Å². The van der Waals surface area contributed by atoms with Gasteiger partial charge in [0, 0.05) is 5.92 Å². The van der Waals surface area contributed by atoms with Crippen LogP contribution in [0.1, 0.15) is 25.7 Å². The summed E-state index contributed by atoms with van der Waals surface area (Å²) in [6, 6.07) is 0. The van der Waals surface area contributed by atoms with Gasteiger partial charge in [0.15, 0.2) is 0 Å². The molecule has 3 nitrogen and oxygen atoms in total. The Hall–Kier alpha value is -0.780. The van der Waals surface area contributed by atoms with E-state index in [1.165, 1.54) is 0 Å². The molecule has 1 amide bonds. The number of nitrogens with one attached hydrogen (secondary N) is 1. The molecule has 1 aliphatic rings. The molecule has 6 heteroatoms. The van der Waals surface area contributed by atoms with E-state index in [2.05, 4.69) is 0 Å². The first-order valence-electron chi connectivity index (χ1n) is 4.52. The monoisotopic (exact) mass is 210 g/mol. The van der Waals surface area contributed by atoms with Crippen molar-refractivity contribution in [2.45, 2.75) is 31.9 Å². The highest BCUT2D eigenvalue weighted by Crippen LogP contribution is 2.39. The fraction of sp³-hybridized carbons (Fsp3) is 0.875. The maximum absolute atomic E-state index is 12.2. The zero-order valence-corrected chi connectivity index (χ0v) is 7.60. The normalized spacial score (nSPS) is 28.6. The summed E-state index contributed by atoms with van der Waals surface area (Å²) in [4.78, 5) is 11.0. The van der Waals surface area contributed by atoms with Gasteiger partial charge >= 0.3 is 6.18 Å². The smallest absolute Gasteiger partial charge is 0.294 e. The zero-order valence-electron chi connectivity index (χ0n) is 7.60. The van der Waals surface area contributed by atoms with Gasteiger partial charge in [-0.1, -0.05) is 0 Å². The fourth-order valence-electron chi connectivity index (χ4n) is 1.80. The second-order valence-corrected chi connectivity index (χ2v) is 3.60. The Morgan fingerprint density at radius 2 is 1.71 bits per heavy atom. The third kappa shape index (κ3) is 2.60. The van der Waals surface area contributed by atoms with Crippen LogP contribution in [-0.2, 0) is 4.79 Å². The minimum Gasteiger partial charge on any atom is -0.294 e. The van der Waals surface area contributed by atoms with Crippen molar-refractivity contribution in [2.75, 3.05) is 0 Å². The molecular weight excluding hydrogens is 197 g/mol. The van der Waals surface area contributed by atoms with Crippen molar-refractivity contribution in [3.8, 4) is 0 Å². The highest BCUT2D eigenvalue weighted by atomic mass is 19.4. The zero-order chi connectivity index (χ0) is 10.8. The van der Waals surface area contributed by atoms with Crippen LogP contribution in [0.5, 0.6) is 0 Å². The average molecular weight is 210 g/mol. The molecule has 0 spiro atoms. The number of alkyl halides is 3. The van der Waals surface area contributed by atoms with Crippen molar-refractivity contribution in [3.05, 3.63) is 0 Å². The molecule has 0 unspecified atom stereocenters. The summed E-state index contributed by atoms with van der Waals surface area (Å²) >= 11 is 0. The Balaban J connectivity index is 2.43. The van der Waals surface area contributed by atoms with Gasteiger partial charge in [0.1, 0.15) is 0 Å². The number of rotatable bonds is 1. The third-order valence-electron chi connectivity index (χ3n) is 2.70. The molecule has 0 aliphatic heterocycles. The molecule has 0 aromatic rings. The quantitative estimate of drug-likeness (QED) is 0.390. The molecule has 0 bridgehead atoms. The van der Waals surface area contributed by atoms with E-state index in [1.54, 1.807) is 0 Å². The summed E-state index contributed by atoms with van der Waals surface area (Å²) in [5.41, 5.74) is 1.97. The van der Waals surface area contributed by atoms with Gasteiger partial charge < -0.3 is 0 Å². The Kier molecular flexibility index (Phi) is 3.36. The molecule has 0 saturated heterocycles. The molecule has 0 aromatic heterocycles. The van der Waals surface area contributed by atoms with Gasteiger partial charge in [-0.3, -0.25) is 10.2 Å². The number of hydrogen-bond acceptors (Lipinski definition) is 2. The van der Waals surface area contributed by atoms with E-state index in [4.69, 9.17) is 5.84 Å². The van der Waals surface area contributed by atoms with Crippen molar-refractivity contribution >= 4 is 5.91 Å². The Morgan fingerprint density at radius 1 is 1.21 bits per heavy atom. The molecule has 1 rings (SSSR count). The molecule has 0 heterocycles. The molecule has 1 saturated carbocycles. The van der Waals surface area contributed by atoms with Gasteiger partial charge in [-0.2, -0.15) is 13.2 Å². The molecular formula is C8H13F3N2O. The first kappa shape index (κ1) is 11.3. The predicted molar refractivity (Wildman–Crippen MR) is 43.8 cm³/mol. The van der Waals surface area contributed by atoms with Crippen LogP contribution in [0.3, 0.4) is 0 Å². The minimum absolute atomic E-state index is 0.0294. The van der Waals surface area contributed by atoms with Gasteiger partial charge in [0.2, 0.25) is 5.91 Å². The van der Waals surface area contributed by atoms with E-state index in [0.717, 1.165) is 0 Å². The van der Waals surface area contributed by atoms with E-state index in [1.807, 2.05) is 5.43 Å². The van der Waals surface area contributed by atoms with Gasteiger partial charge in [0.05, 0.1) is 5.92 Å². The van der Waals surface area contributed by atoms with Crippen LogP contribution in [-0.4, -0.2) is 12.1 Å².